The maximum atomic E-state index is 13.0. The molecule has 0 saturated carbocycles. The fraction of sp³-hybridized carbons (Fsp3) is 0.208. The number of carbonyl (C=O) groups is 1. The van der Waals surface area contributed by atoms with Crippen molar-refractivity contribution in [1.82, 2.24) is 0 Å². The number of rotatable bonds is 3. The summed E-state index contributed by atoms with van der Waals surface area (Å²) in [5.41, 5.74) is 2.57. The van der Waals surface area contributed by atoms with Crippen LogP contribution in [-0.2, 0) is 14.8 Å². The van der Waals surface area contributed by atoms with Crippen LogP contribution >= 0.6 is 0 Å². The number of hydrogen-bond donors (Lipinski definition) is 2. The third-order valence-electron chi connectivity index (χ3n) is 5.38. The van der Waals surface area contributed by atoms with Gasteiger partial charge in [0.05, 0.1) is 0 Å². The first-order chi connectivity index (χ1) is 14.4. The Bertz CT molecular complexity index is 1130. The van der Waals surface area contributed by atoms with Gasteiger partial charge in [0.25, 0.3) is 0 Å². The van der Waals surface area contributed by atoms with Gasteiger partial charge in [0, 0.05) is 0 Å². The number of halogens is 1. The Morgan fingerprint density at radius 3 is 2.10 bits per heavy atom. The summed E-state index contributed by atoms with van der Waals surface area (Å²) in [6.45, 7) is 4.45. The van der Waals surface area contributed by atoms with Gasteiger partial charge in [0.15, 0.2) is 0 Å². The second kappa shape index (κ2) is 6.91. The fourth-order valence-corrected chi connectivity index (χ4v) is 5.94. The molecule has 2 heterocycles. The van der Waals surface area contributed by atoms with Crippen LogP contribution in [0.3, 0.4) is 0 Å². The molecule has 2 aliphatic rings. The Kier molecular flexibility index (Phi) is 4.43. The van der Waals surface area contributed by atoms with Crippen LogP contribution in [-0.4, -0.2) is 20.1 Å². The molecule has 0 saturated heterocycles. The van der Waals surface area contributed by atoms with E-state index in [9.17, 15) is 15.0 Å². The zero-order chi connectivity index (χ0) is 21.0. The van der Waals surface area contributed by atoms with Crippen molar-refractivity contribution in [3.63, 3.8) is 0 Å². The van der Waals surface area contributed by atoms with E-state index in [0.29, 0.717) is 32.1 Å². The molecule has 0 aromatic heterocycles. The number of fused-ring (bicyclic) bond motifs is 6. The molecule has 0 amide bonds. The minimum absolute atomic E-state index is 0.0196. The predicted molar refractivity (Wildman–Crippen MR) is 107 cm³/mol. The van der Waals surface area contributed by atoms with E-state index in [2.05, 4.69) is 19.9 Å². The van der Waals surface area contributed by atoms with E-state index in [4.69, 9.17) is 9.47 Å². The SMILES string of the molecule is CC(C)[I-]Cc1ccc2c(c1)C(=O)OC21c2ccc(O)cc2Oc2cc(O)ccc21. The average molecular weight is 515 g/mol. The van der Waals surface area contributed by atoms with Crippen molar-refractivity contribution >= 4 is 5.97 Å². The number of hydrogen-bond acceptors (Lipinski definition) is 5. The van der Waals surface area contributed by atoms with Gasteiger partial charge in [0.1, 0.15) is 0 Å². The summed E-state index contributed by atoms with van der Waals surface area (Å²) < 4.78 is 13.7. The third-order valence-corrected chi connectivity index (χ3v) is 8.46. The first-order valence-corrected chi connectivity index (χ1v) is 12.4. The molecule has 0 atom stereocenters. The molecule has 2 N–H and O–H groups in total. The average Bonchev–Trinajstić information content (AvgIpc) is 2.98. The standard InChI is InChI=1S/C24H20IO5/c1-13(2)25-12-14-3-6-18-17(9-14)23(28)30-24(18)19-7-4-15(26)10-21(19)29-22-11-16(27)5-8-20(22)24/h3-11,13,26-27H,12H2,1-2H3/q-1. The molecular formula is C24H20IO5-. The Morgan fingerprint density at radius 2 is 1.50 bits per heavy atom. The van der Waals surface area contributed by atoms with E-state index in [1.165, 1.54) is 12.1 Å². The van der Waals surface area contributed by atoms with Gasteiger partial charge in [-0.1, -0.05) is 0 Å². The van der Waals surface area contributed by atoms with Gasteiger partial charge in [-0.2, -0.15) is 0 Å². The van der Waals surface area contributed by atoms with Crippen LogP contribution in [0.2, 0.25) is 0 Å². The molecule has 2 aliphatic heterocycles. The molecule has 5 nitrogen and oxygen atoms in total. The van der Waals surface area contributed by atoms with Crippen LogP contribution in [0, 0.1) is 0 Å². The van der Waals surface area contributed by atoms with E-state index in [-0.39, 0.29) is 38.7 Å². The maximum absolute atomic E-state index is 13.0. The number of phenols is 2. The van der Waals surface area contributed by atoms with Crippen molar-refractivity contribution in [2.24, 2.45) is 0 Å². The summed E-state index contributed by atoms with van der Waals surface area (Å²) in [6.07, 6.45) is 0. The molecule has 0 aliphatic carbocycles. The zero-order valence-corrected chi connectivity index (χ0v) is 18.6. The van der Waals surface area contributed by atoms with Gasteiger partial charge in [-0.25, -0.2) is 0 Å². The van der Waals surface area contributed by atoms with Gasteiger partial charge in [-0.15, -0.1) is 0 Å². The van der Waals surface area contributed by atoms with Crippen molar-refractivity contribution in [3.8, 4) is 23.0 Å². The molecule has 1 spiro atoms. The van der Waals surface area contributed by atoms with E-state index in [1.54, 1.807) is 24.3 Å². The summed E-state index contributed by atoms with van der Waals surface area (Å²) >= 11 is 0.0196. The Balaban J connectivity index is 1.73. The summed E-state index contributed by atoms with van der Waals surface area (Å²) in [4.78, 5) is 13.0. The van der Waals surface area contributed by atoms with Gasteiger partial charge in [-0.05, 0) is 0 Å². The van der Waals surface area contributed by atoms with Gasteiger partial charge in [-0.3, -0.25) is 0 Å². The fourth-order valence-electron chi connectivity index (χ4n) is 4.08. The van der Waals surface area contributed by atoms with Crippen LogP contribution in [0.15, 0.2) is 54.6 Å². The van der Waals surface area contributed by atoms with Crippen molar-refractivity contribution in [2.75, 3.05) is 0 Å². The monoisotopic (exact) mass is 515 g/mol. The van der Waals surface area contributed by atoms with Crippen LogP contribution in [0.25, 0.3) is 0 Å². The number of phenolic OH excluding ortho intramolecular Hbond substituents is 2. The molecule has 6 heteroatoms. The normalized spacial score (nSPS) is 15.5. The third kappa shape index (κ3) is 2.85. The molecule has 0 fully saturated rings. The topological polar surface area (TPSA) is 76.0 Å². The molecule has 154 valence electrons. The Labute approximate surface area is 184 Å². The van der Waals surface area contributed by atoms with Crippen molar-refractivity contribution in [3.05, 3.63) is 82.4 Å². The molecule has 0 unspecified atom stereocenters. The summed E-state index contributed by atoms with van der Waals surface area (Å²) in [5.74, 6) is 0.497. The minimum atomic E-state index is -1.18. The van der Waals surface area contributed by atoms with Crippen molar-refractivity contribution in [2.45, 2.75) is 27.8 Å². The summed E-state index contributed by atoms with van der Waals surface area (Å²) in [6, 6.07) is 15.5. The Hall–Kier alpha value is -2.74. The Morgan fingerprint density at radius 1 is 0.900 bits per heavy atom. The molecular weight excluding hydrogens is 495 g/mol. The van der Waals surface area contributed by atoms with Crippen LogP contribution in [0.5, 0.6) is 23.0 Å². The quantitative estimate of drug-likeness (QED) is 0.316. The number of carbonyl (C=O) groups excluding carboxylic acids is 1. The molecule has 3 aromatic carbocycles. The van der Waals surface area contributed by atoms with E-state index in [1.807, 2.05) is 12.1 Å². The number of benzene rings is 3. The van der Waals surface area contributed by atoms with E-state index >= 15 is 0 Å². The number of aromatic hydroxyl groups is 2. The van der Waals surface area contributed by atoms with Gasteiger partial charge < -0.3 is 0 Å². The molecule has 0 radical (unpaired) electrons. The number of ether oxygens (including phenoxy) is 2. The van der Waals surface area contributed by atoms with Gasteiger partial charge in [0.2, 0.25) is 0 Å². The number of esters is 1. The predicted octanol–water partition coefficient (Wildman–Crippen LogP) is 1.66. The van der Waals surface area contributed by atoms with E-state index < -0.39 is 5.60 Å². The second-order valence-corrected chi connectivity index (χ2v) is 11.9. The number of alkyl halides is 2. The van der Waals surface area contributed by atoms with Crippen molar-refractivity contribution < 1.29 is 45.7 Å². The summed E-state index contributed by atoms with van der Waals surface area (Å²) in [5, 5.41) is 20.0. The van der Waals surface area contributed by atoms with Crippen LogP contribution in [0.4, 0.5) is 0 Å². The van der Waals surface area contributed by atoms with Crippen LogP contribution < -0.4 is 25.9 Å². The molecule has 5 rings (SSSR count). The van der Waals surface area contributed by atoms with Gasteiger partial charge >= 0.3 is 185 Å². The molecule has 0 bridgehead atoms. The first-order valence-electron chi connectivity index (χ1n) is 9.68. The molecule has 3 aromatic rings. The molecule has 30 heavy (non-hydrogen) atoms. The second-order valence-electron chi connectivity index (χ2n) is 7.72. The zero-order valence-electron chi connectivity index (χ0n) is 16.5. The van der Waals surface area contributed by atoms with Crippen LogP contribution in [0.1, 0.15) is 46.5 Å². The van der Waals surface area contributed by atoms with E-state index in [0.717, 1.165) is 15.6 Å². The first kappa shape index (κ1) is 19.2. The van der Waals surface area contributed by atoms with Crippen molar-refractivity contribution in [1.29, 1.82) is 0 Å². The summed E-state index contributed by atoms with van der Waals surface area (Å²) in [7, 11) is 0.